The van der Waals surface area contributed by atoms with Crippen LogP contribution < -0.4 is 0 Å². The van der Waals surface area contributed by atoms with Crippen LogP contribution in [0, 0.1) is 0 Å². The van der Waals surface area contributed by atoms with Gasteiger partial charge in [-0.05, 0) is 22.6 Å². The predicted molar refractivity (Wildman–Crippen MR) is 72.2 cm³/mol. The van der Waals surface area contributed by atoms with Crippen molar-refractivity contribution < 1.29 is 14.1 Å². The predicted octanol–water partition coefficient (Wildman–Crippen LogP) is 2.68. The van der Waals surface area contributed by atoms with Gasteiger partial charge in [0.1, 0.15) is 0 Å². The first-order valence-electron chi connectivity index (χ1n) is 5.37. The molecule has 0 aliphatic carbocycles. The van der Waals surface area contributed by atoms with E-state index in [4.69, 9.17) is 5.11 Å². The number of carboxylic acids is 1. The Morgan fingerprint density at radius 2 is 1.89 bits per heavy atom. The first kappa shape index (κ1) is 13.0. The van der Waals surface area contributed by atoms with Crippen LogP contribution in [-0.2, 0) is 27.8 Å². The molecule has 0 saturated carbocycles. The molecule has 3 nitrogen and oxygen atoms in total. The van der Waals surface area contributed by atoms with E-state index in [2.05, 4.69) is 0 Å². The van der Waals surface area contributed by atoms with Crippen LogP contribution in [0.25, 0.3) is 0 Å². The molecule has 0 amide bonds. The number of carbonyl (C=O) groups is 1. The fourth-order valence-corrected chi connectivity index (χ4v) is 3.80. The quantitative estimate of drug-likeness (QED) is 0.916. The van der Waals surface area contributed by atoms with E-state index in [-0.39, 0.29) is 6.42 Å². The number of hydrogen-bond acceptors (Lipinski definition) is 3. The molecule has 0 aliphatic rings. The first-order chi connectivity index (χ1) is 8.66. The average molecular weight is 280 g/mol. The SMILES string of the molecule is O=C(O)Cc1ccccc1CS(=O)c1cccs1. The Hall–Kier alpha value is -1.46. The van der Waals surface area contributed by atoms with Gasteiger partial charge in [0.2, 0.25) is 0 Å². The van der Waals surface area contributed by atoms with Gasteiger partial charge in [0.15, 0.2) is 0 Å². The Bertz CT molecular complexity index is 561. The van der Waals surface area contributed by atoms with Crippen LogP contribution in [0.15, 0.2) is 46.0 Å². The number of hydrogen-bond donors (Lipinski definition) is 1. The molecule has 94 valence electrons. The summed E-state index contributed by atoms with van der Waals surface area (Å²) in [6.45, 7) is 0. The Morgan fingerprint density at radius 1 is 1.17 bits per heavy atom. The summed E-state index contributed by atoms with van der Waals surface area (Å²) < 4.78 is 12.9. The third-order valence-corrected chi connectivity index (χ3v) is 5.13. The Labute approximate surface area is 112 Å². The van der Waals surface area contributed by atoms with E-state index in [0.717, 1.165) is 15.3 Å². The first-order valence-corrected chi connectivity index (χ1v) is 7.57. The lowest BCUT2D eigenvalue weighted by Crippen LogP contribution is -2.05. The Morgan fingerprint density at radius 3 is 2.50 bits per heavy atom. The van der Waals surface area contributed by atoms with Crippen molar-refractivity contribution in [3.05, 3.63) is 52.9 Å². The Balaban J connectivity index is 2.18. The highest BCUT2D eigenvalue weighted by atomic mass is 32.2. The van der Waals surface area contributed by atoms with Crippen molar-refractivity contribution in [3.8, 4) is 0 Å². The van der Waals surface area contributed by atoms with Gasteiger partial charge in [-0.1, -0.05) is 30.3 Å². The third-order valence-electron chi connectivity index (χ3n) is 2.47. The monoisotopic (exact) mass is 280 g/mol. The molecule has 1 N–H and O–H groups in total. The maximum atomic E-state index is 12.1. The van der Waals surface area contributed by atoms with Crippen molar-refractivity contribution >= 4 is 28.1 Å². The second kappa shape index (κ2) is 5.93. The van der Waals surface area contributed by atoms with Crippen LogP contribution in [0.5, 0.6) is 0 Å². The van der Waals surface area contributed by atoms with Gasteiger partial charge in [-0.2, -0.15) is 0 Å². The number of carboxylic acid groups (broad SMARTS) is 1. The summed E-state index contributed by atoms with van der Waals surface area (Å²) in [4.78, 5) is 10.8. The summed E-state index contributed by atoms with van der Waals surface area (Å²) in [5.41, 5.74) is 1.57. The van der Waals surface area contributed by atoms with E-state index < -0.39 is 16.8 Å². The van der Waals surface area contributed by atoms with Gasteiger partial charge >= 0.3 is 5.97 Å². The highest BCUT2D eigenvalue weighted by molar-refractivity contribution is 7.86. The van der Waals surface area contributed by atoms with E-state index >= 15 is 0 Å². The minimum absolute atomic E-state index is 0.0299. The van der Waals surface area contributed by atoms with Crippen LogP contribution in [0.3, 0.4) is 0 Å². The van der Waals surface area contributed by atoms with Crippen molar-refractivity contribution in [1.29, 1.82) is 0 Å². The summed E-state index contributed by atoms with van der Waals surface area (Å²) >= 11 is 1.45. The van der Waals surface area contributed by atoms with Crippen molar-refractivity contribution in [2.24, 2.45) is 0 Å². The topological polar surface area (TPSA) is 54.4 Å². The standard InChI is InChI=1S/C13H12O3S2/c14-12(15)8-10-4-1-2-5-11(10)9-18(16)13-6-3-7-17-13/h1-7H,8-9H2,(H,14,15). The van der Waals surface area contributed by atoms with Gasteiger partial charge in [-0.15, -0.1) is 11.3 Å². The molecule has 1 aromatic heterocycles. The summed E-state index contributed by atoms with van der Waals surface area (Å²) in [5.74, 6) is -0.506. The van der Waals surface area contributed by atoms with E-state index in [9.17, 15) is 9.00 Å². The molecule has 1 aromatic carbocycles. The van der Waals surface area contributed by atoms with Crippen LogP contribution >= 0.6 is 11.3 Å². The van der Waals surface area contributed by atoms with E-state index in [1.807, 2.05) is 29.6 Å². The zero-order chi connectivity index (χ0) is 13.0. The summed E-state index contributed by atoms with van der Waals surface area (Å²) in [7, 11) is -1.10. The molecule has 0 saturated heterocycles. The van der Waals surface area contributed by atoms with Crippen LogP contribution in [0.4, 0.5) is 0 Å². The molecule has 1 heterocycles. The average Bonchev–Trinajstić information content (AvgIpc) is 2.84. The van der Waals surface area contributed by atoms with Crippen molar-refractivity contribution in [2.75, 3.05) is 0 Å². The number of rotatable bonds is 5. The molecule has 1 unspecified atom stereocenters. The molecule has 2 aromatic rings. The lowest BCUT2D eigenvalue weighted by Gasteiger charge is -2.06. The second-order valence-corrected chi connectivity index (χ2v) is 6.39. The minimum atomic E-state index is -1.10. The summed E-state index contributed by atoms with van der Waals surface area (Å²) in [6.07, 6.45) is -0.0299. The number of thiophene rings is 1. The van der Waals surface area contributed by atoms with Crippen molar-refractivity contribution in [2.45, 2.75) is 16.4 Å². The molecule has 0 fully saturated rings. The van der Waals surface area contributed by atoms with E-state index in [1.54, 1.807) is 12.1 Å². The molecule has 5 heteroatoms. The summed E-state index contributed by atoms with van der Waals surface area (Å²) in [6, 6.07) is 10.9. The maximum Gasteiger partial charge on any atom is 0.307 e. The van der Waals surface area contributed by atoms with Crippen LogP contribution in [0.1, 0.15) is 11.1 Å². The molecule has 1 atom stereocenters. The molecular weight excluding hydrogens is 268 g/mol. The lowest BCUT2D eigenvalue weighted by molar-refractivity contribution is -0.136. The minimum Gasteiger partial charge on any atom is -0.481 e. The largest absolute Gasteiger partial charge is 0.481 e. The highest BCUT2D eigenvalue weighted by Gasteiger charge is 2.11. The lowest BCUT2D eigenvalue weighted by atomic mass is 10.1. The number of benzene rings is 1. The van der Waals surface area contributed by atoms with E-state index in [0.29, 0.717) is 5.75 Å². The van der Waals surface area contributed by atoms with Crippen LogP contribution in [-0.4, -0.2) is 15.3 Å². The van der Waals surface area contributed by atoms with Gasteiger partial charge in [-0.3, -0.25) is 9.00 Å². The fourth-order valence-electron chi connectivity index (χ4n) is 1.64. The van der Waals surface area contributed by atoms with Gasteiger partial charge in [0.05, 0.1) is 27.2 Å². The number of aliphatic carboxylic acids is 1. The van der Waals surface area contributed by atoms with Gasteiger partial charge < -0.3 is 5.11 Å². The highest BCUT2D eigenvalue weighted by Crippen LogP contribution is 2.19. The Kier molecular flexibility index (Phi) is 4.28. The zero-order valence-electron chi connectivity index (χ0n) is 9.54. The van der Waals surface area contributed by atoms with Gasteiger partial charge in [0.25, 0.3) is 0 Å². The smallest absolute Gasteiger partial charge is 0.307 e. The third kappa shape index (κ3) is 3.27. The molecule has 2 rings (SSSR count). The van der Waals surface area contributed by atoms with Crippen molar-refractivity contribution in [3.63, 3.8) is 0 Å². The van der Waals surface area contributed by atoms with Gasteiger partial charge in [0, 0.05) is 0 Å². The molecule has 0 bridgehead atoms. The van der Waals surface area contributed by atoms with Crippen molar-refractivity contribution in [1.82, 2.24) is 0 Å². The maximum absolute atomic E-state index is 12.1. The summed E-state index contributed by atoms with van der Waals surface area (Å²) in [5, 5.41) is 10.7. The fraction of sp³-hybridized carbons (Fsp3) is 0.154. The normalized spacial score (nSPS) is 12.2. The molecule has 0 radical (unpaired) electrons. The van der Waals surface area contributed by atoms with Crippen LogP contribution in [0.2, 0.25) is 0 Å². The molecule has 0 aliphatic heterocycles. The second-order valence-electron chi connectivity index (χ2n) is 3.76. The van der Waals surface area contributed by atoms with E-state index in [1.165, 1.54) is 11.3 Å². The molecule has 0 spiro atoms. The molecular formula is C13H12O3S2. The van der Waals surface area contributed by atoms with Gasteiger partial charge in [-0.25, -0.2) is 0 Å². The zero-order valence-corrected chi connectivity index (χ0v) is 11.2. The molecule has 18 heavy (non-hydrogen) atoms.